The summed E-state index contributed by atoms with van der Waals surface area (Å²) in [5.41, 5.74) is 2.71. The maximum Gasteiger partial charge on any atom is 0.0596 e. The van der Waals surface area contributed by atoms with Gasteiger partial charge in [0, 0.05) is 23.8 Å². The first-order valence-corrected chi connectivity index (χ1v) is 8.35. The molecule has 1 fully saturated rings. The summed E-state index contributed by atoms with van der Waals surface area (Å²) >= 11 is 0. The second-order valence-corrected chi connectivity index (χ2v) is 7.07. The van der Waals surface area contributed by atoms with Crippen LogP contribution < -0.4 is 5.32 Å². The molecule has 1 heterocycles. The molecule has 0 aliphatic heterocycles. The lowest BCUT2D eigenvalue weighted by Crippen LogP contribution is -2.54. The average Bonchev–Trinajstić information content (AvgIpc) is 2.75. The number of likely N-dealkylation sites (N-methyl/N-ethyl adjacent to an activating group) is 1. The smallest absolute Gasteiger partial charge is 0.0596 e. The van der Waals surface area contributed by atoms with Gasteiger partial charge in [0.25, 0.3) is 0 Å². The van der Waals surface area contributed by atoms with Gasteiger partial charge in [-0.15, -0.1) is 0 Å². The van der Waals surface area contributed by atoms with Crippen molar-refractivity contribution in [3.8, 4) is 0 Å². The summed E-state index contributed by atoms with van der Waals surface area (Å²) in [5, 5.41) is 8.32. The monoisotopic (exact) mass is 292 g/mol. The molecule has 0 aromatic carbocycles. The van der Waals surface area contributed by atoms with Gasteiger partial charge in [-0.3, -0.25) is 4.68 Å². The molecule has 4 heteroatoms. The number of aryl methyl sites for hydroxylation is 2. The Morgan fingerprint density at radius 2 is 1.95 bits per heavy atom. The fourth-order valence-electron chi connectivity index (χ4n) is 3.54. The predicted octanol–water partition coefficient (Wildman–Crippen LogP) is 2.74. The molecular formula is C17H32N4. The third-order valence-electron chi connectivity index (χ3n) is 5.06. The van der Waals surface area contributed by atoms with Crippen molar-refractivity contribution in [3.63, 3.8) is 0 Å². The van der Waals surface area contributed by atoms with E-state index in [9.17, 15) is 0 Å². The second kappa shape index (κ2) is 6.93. The van der Waals surface area contributed by atoms with E-state index < -0.39 is 0 Å². The van der Waals surface area contributed by atoms with Crippen molar-refractivity contribution in [1.82, 2.24) is 20.0 Å². The summed E-state index contributed by atoms with van der Waals surface area (Å²) in [4.78, 5) is 2.44. The van der Waals surface area contributed by atoms with Gasteiger partial charge in [0.15, 0.2) is 0 Å². The van der Waals surface area contributed by atoms with Crippen molar-refractivity contribution in [2.24, 2.45) is 0 Å². The Balaban J connectivity index is 1.90. The van der Waals surface area contributed by atoms with Crippen LogP contribution in [0.15, 0.2) is 6.07 Å². The minimum Gasteiger partial charge on any atom is -0.311 e. The Morgan fingerprint density at radius 1 is 1.29 bits per heavy atom. The van der Waals surface area contributed by atoms with Crippen molar-refractivity contribution in [3.05, 3.63) is 17.5 Å². The summed E-state index contributed by atoms with van der Waals surface area (Å²) in [5.74, 6) is 0. The molecule has 21 heavy (non-hydrogen) atoms. The van der Waals surface area contributed by atoms with E-state index in [0.717, 1.165) is 18.8 Å². The minimum atomic E-state index is 0.349. The van der Waals surface area contributed by atoms with E-state index in [1.54, 1.807) is 0 Å². The van der Waals surface area contributed by atoms with Crippen molar-refractivity contribution < 1.29 is 0 Å². The van der Waals surface area contributed by atoms with E-state index in [1.807, 2.05) is 0 Å². The lowest BCUT2D eigenvalue weighted by Gasteiger charge is -2.44. The molecule has 120 valence electrons. The van der Waals surface area contributed by atoms with Crippen LogP contribution in [-0.2, 0) is 6.54 Å². The summed E-state index contributed by atoms with van der Waals surface area (Å²) in [7, 11) is 4.47. The van der Waals surface area contributed by atoms with E-state index in [1.165, 1.54) is 37.8 Å². The lowest BCUT2D eigenvalue weighted by atomic mass is 9.80. The molecule has 1 aliphatic rings. The maximum atomic E-state index is 4.56. The zero-order chi connectivity index (χ0) is 15.5. The molecular weight excluding hydrogens is 260 g/mol. The van der Waals surface area contributed by atoms with Gasteiger partial charge < -0.3 is 10.2 Å². The predicted molar refractivity (Wildman–Crippen MR) is 88.7 cm³/mol. The van der Waals surface area contributed by atoms with Crippen LogP contribution in [0.4, 0.5) is 0 Å². The zero-order valence-corrected chi connectivity index (χ0v) is 14.4. The fraction of sp³-hybridized carbons (Fsp3) is 0.824. The van der Waals surface area contributed by atoms with Crippen LogP contribution in [0.1, 0.15) is 50.4 Å². The molecule has 4 nitrogen and oxygen atoms in total. The van der Waals surface area contributed by atoms with Crippen molar-refractivity contribution in [2.45, 2.75) is 71.0 Å². The Morgan fingerprint density at radius 3 is 2.48 bits per heavy atom. The number of aromatic nitrogens is 2. The highest BCUT2D eigenvalue weighted by Crippen LogP contribution is 2.31. The van der Waals surface area contributed by atoms with Crippen LogP contribution in [-0.4, -0.2) is 46.9 Å². The normalized spacial score (nSPS) is 19.9. The van der Waals surface area contributed by atoms with Crippen LogP contribution in [0.25, 0.3) is 0 Å². The van der Waals surface area contributed by atoms with Gasteiger partial charge in [-0.25, -0.2) is 0 Å². The van der Waals surface area contributed by atoms with E-state index in [2.05, 4.69) is 60.9 Å². The highest BCUT2D eigenvalue weighted by Gasteiger charge is 2.34. The Labute approximate surface area is 129 Å². The summed E-state index contributed by atoms with van der Waals surface area (Å²) in [6, 6.07) is 2.59. The first-order valence-electron chi connectivity index (χ1n) is 8.35. The van der Waals surface area contributed by atoms with E-state index in [4.69, 9.17) is 0 Å². The molecule has 0 saturated heterocycles. The van der Waals surface area contributed by atoms with E-state index >= 15 is 0 Å². The van der Waals surface area contributed by atoms with Gasteiger partial charge in [-0.2, -0.15) is 5.10 Å². The molecule has 2 rings (SSSR count). The minimum absolute atomic E-state index is 0.349. The average molecular weight is 292 g/mol. The van der Waals surface area contributed by atoms with Crippen LogP contribution in [0.2, 0.25) is 0 Å². The van der Waals surface area contributed by atoms with Gasteiger partial charge in [-0.05, 0) is 53.8 Å². The Hall–Kier alpha value is -0.870. The summed E-state index contributed by atoms with van der Waals surface area (Å²) < 4.78 is 2.12. The van der Waals surface area contributed by atoms with Crippen LogP contribution >= 0.6 is 0 Å². The van der Waals surface area contributed by atoms with Gasteiger partial charge >= 0.3 is 0 Å². The third-order valence-corrected chi connectivity index (χ3v) is 5.06. The number of nitrogens with one attached hydrogen (secondary N) is 1. The van der Waals surface area contributed by atoms with Gasteiger partial charge in [-0.1, -0.05) is 19.3 Å². The van der Waals surface area contributed by atoms with Gasteiger partial charge in [0.2, 0.25) is 0 Å². The van der Waals surface area contributed by atoms with Crippen molar-refractivity contribution in [2.75, 3.05) is 20.6 Å². The third kappa shape index (κ3) is 4.07. The topological polar surface area (TPSA) is 33.1 Å². The first-order chi connectivity index (χ1) is 9.93. The van der Waals surface area contributed by atoms with Crippen molar-refractivity contribution in [1.29, 1.82) is 0 Å². The molecule has 1 aliphatic carbocycles. The molecule has 1 N–H and O–H groups in total. The second-order valence-electron chi connectivity index (χ2n) is 7.07. The zero-order valence-electron chi connectivity index (χ0n) is 14.4. The largest absolute Gasteiger partial charge is 0.311 e. The van der Waals surface area contributed by atoms with Crippen LogP contribution in [0, 0.1) is 13.8 Å². The summed E-state index contributed by atoms with van der Waals surface area (Å²) in [6.45, 7) is 8.49. The molecule has 1 atom stereocenters. The standard InChI is InChI=1S/C17H32N4/c1-14-11-16(3)21(19-14)12-15(2)18-13-17(20(4)5)9-7-6-8-10-17/h11,15,18H,6-10,12-13H2,1-5H3/t15-/m0/s1. The van der Waals surface area contributed by atoms with Crippen molar-refractivity contribution >= 4 is 0 Å². The number of rotatable bonds is 6. The molecule has 0 spiro atoms. The van der Waals surface area contributed by atoms with Gasteiger partial charge in [0.05, 0.1) is 12.2 Å². The van der Waals surface area contributed by atoms with Gasteiger partial charge in [0.1, 0.15) is 0 Å². The maximum absolute atomic E-state index is 4.56. The fourth-order valence-corrected chi connectivity index (χ4v) is 3.54. The molecule has 0 amide bonds. The number of hydrogen-bond acceptors (Lipinski definition) is 3. The SMILES string of the molecule is Cc1cc(C)n(C[C@H](C)NCC2(N(C)C)CCCCC2)n1. The van der Waals surface area contributed by atoms with Crippen LogP contribution in [0.5, 0.6) is 0 Å². The van der Waals surface area contributed by atoms with Crippen LogP contribution in [0.3, 0.4) is 0 Å². The number of nitrogens with zero attached hydrogens (tertiary/aromatic N) is 3. The van der Waals surface area contributed by atoms with E-state index in [0.29, 0.717) is 11.6 Å². The highest BCUT2D eigenvalue weighted by molar-refractivity contribution is 5.06. The molecule has 0 unspecified atom stereocenters. The molecule has 1 aromatic rings. The number of hydrogen-bond donors (Lipinski definition) is 1. The Kier molecular flexibility index (Phi) is 5.44. The summed E-state index contributed by atoms with van der Waals surface area (Å²) in [6.07, 6.45) is 6.77. The lowest BCUT2D eigenvalue weighted by molar-refractivity contribution is 0.0949. The van der Waals surface area contributed by atoms with E-state index in [-0.39, 0.29) is 0 Å². The molecule has 1 aromatic heterocycles. The molecule has 0 bridgehead atoms. The molecule has 0 radical (unpaired) electrons. The quantitative estimate of drug-likeness (QED) is 0.875. The Bertz CT molecular complexity index is 444. The first kappa shape index (κ1) is 16.5. The highest BCUT2D eigenvalue weighted by atomic mass is 15.3. The molecule has 1 saturated carbocycles.